The minimum absolute atomic E-state index is 0.146. The van der Waals surface area contributed by atoms with Crippen LogP contribution >= 0.6 is 11.3 Å². The topological polar surface area (TPSA) is 106 Å². The molecule has 0 aliphatic carbocycles. The first kappa shape index (κ1) is 17.0. The van der Waals surface area contributed by atoms with E-state index in [9.17, 15) is 4.79 Å². The van der Waals surface area contributed by atoms with Crippen LogP contribution in [-0.2, 0) is 13.0 Å². The van der Waals surface area contributed by atoms with Crippen molar-refractivity contribution in [2.24, 2.45) is 10.7 Å². The van der Waals surface area contributed by atoms with Crippen LogP contribution in [0.3, 0.4) is 0 Å². The molecule has 0 atom stereocenters. The van der Waals surface area contributed by atoms with Gasteiger partial charge in [0.15, 0.2) is 11.7 Å². The summed E-state index contributed by atoms with van der Waals surface area (Å²) in [6, 6.07) is 3.25. The quantitative estimate of drug-likeness (QED) is 0.524. The average Bonchev–Trinajstić information content (AvgIpc) is 3.14. The first-order chi connectivity index (χ1) is 11.1. The summed E-state index contributed by atoms with van der Waals surface area (Å²) >= 11 is 1.70. The number of aryl methyl sites for hydroxylation is 1. The molecule has 8 heteroatoms. The van der Waals surface area contributed by atoms with Gasteiger partial charge in [-0.15, -0.1) is 11.3 Å². The number of carbonyl (C=O) groups is 1. The lowest BCUT2D eigenvalue weighted by atomic mass is 10.4. The summed E-state index contributed by atoms with van der Waals surface area (Å²) in [5, 5.41) is 7.51. The molecule has 0 saturated carbocycles. The summed E-state index contributed by atoms with van der Waals surface area (Å²) in [6.45, 7) is 5.87. The van der Waals surface area contributed by atoms with Crippen LogP contribution in [0, 0.1) is 6.92 Å². The van der Waals surface area contributed by atoms with Gasteiger partial charge in [0.2, 0.25) is 0 Å². The third kappa shape index (κ3) is 5.41. The lowest BCUT2D eigenvalue weighted by molar-refractivity contribution is 0.0972. The molecule has 1 amide bonds. The van der Waals surface area contributed by atoms with Gasteiger partial charge in [0.25, 0.3) is 5.91 Å². The minimum atomic E-state index is -0.580. The first-order valence-corrected chi connectivity index (χ1v) is 8.22. The van der Waals surface area contributed by atoms with E-state index in [0.29, 0.717) is 18.3 Å². The van der Waals surface area contributed by atoms with E-state index in [0.717, 1.165) is 24.5 Å². The van der Waals surface area contributed by atoms with Gasteiger partial charge in [-0.3, -0.25) is 4.79 Å². The molecular formula is C15H21N5O2S. The summed E-state index contributed by atoms with van der Waals surface area (Å²) in [5.41, 5.74) is 5.16. The van der Waals surface area contributed by atoms with Gasteiger partial charge in [0.1, 0.15) is 12.3 Å². The Morgan fingerprint density at radius 2 is 2.26 bits per heavy atom. The van der Waals surface area contributed by atoms with Crippen molar-refractivity contribution in [3.05, 3.63) is 39.7 Å². The third-order valence-corrected chi connectivity index (χ3v) is 3.91. The first-order valence-electron chi connectivity index (χ1n) is 7.40. The molecule has 0 fully saturated rings. The van der Waals surface area contributed by atoms with E-state index in [1.165, 1.54) is 4.88 Å². The fraction of sp³-hybridized carbons (Fsp3) is 0.400. The number of hydrogen-bond donors (Lipinski definition) is 3. The Balaban J connectivity index is 1.87. The van der Waals surface area contributed by atoms with Crippen molar-refractivity contribution in [3.63, 3.8) is 0 Å². The second kappa shape index (κ2) is 8.33. The predicted molar refractivity (Wildman–Crippen MR) is 90.6 cm³/mol. The lowest BCUT2D eigenvalue weighted by Gasteiger charge is -2.10. The van der Waals surface area contributed by atoms with Gasteiger partial charge in [-0.2, -0.15) is 0 Å². The molecular weight excluding hydrogens is 314 g/mol. The number of nitrogens with one attached hydrogen (secondary N) is 2. The van der Waals surface area contributed by atoms with Crippen LogP contribution in [0.2, 0.25) is 0 Å². The van der Waals surface area contributed by atoms with Gasteiger partial charge in [0, 0.05) is 30.6 Å². The molecule has 0 radical (unpaired) electrons. The molecule has 0 unspecified atom stereocenters. The molecule has 0 aliphatic heterocycles. The molecule has 124 valence electrons. The Morgan fingerprint density at radius 3 is 2.87 bits per heavy atom. The summed E-state index contributed by atoms with van der Waals surface area (Å²) in [5.74, 6) is 0.848. The number of nitrogens with two attached hydrogens (primary N) is 1. The Bertz CT molecular complexity index is 677. The van der Waals surface area contributed by atoms with Gasteiger partial charge >= 0.3 is 0 Å². The van der Waals surface area contributed by atoms with Crippen molar-refractivity contribution < 1.29 is 9.21 Å². The Hall–Kier alpha value is -2.35. The number of aromatic nitrogens is 1. The standard InChI is InChI=1S/C15H21N5O2S/c1-3-17-15(18-7-6-13-19-8-10(2)23-13)20-9-11-4-5-12(22-11)14(16)21/h4-5,8H,3,6-7,9H2,1-2H3,(H2,16,21)(H2,17,18,20). The number of hydrogen-bond acceptors (Lipinski definition) is 5. The van der Waals surface area contributed by atoms with E-state index in [1.54, 1.807) is 23.5 Å². The second-order valence-electron chi connectivity index (χ2n) is 4.87. The van der Waals surface area contributed by atoms with Crippen molar-refractivity contribution in [2.75, 3.05) is 13.1 Å². The van der Waals surface area contributed by atoms with Crippen LogP contribution in [-0.4, -0.2) is 29.9 Å². The maximum Gasteiger partial charge on any atom is 0.284 e. The van der Waals surface area contributed by atoms with E-state index in [1.807, 2.05) is 20.0 Å². The second-order valence-corrected chi connectivity index (χ2v) is 6.19. The SMILES string of the molecule is CCNC(=NCc1ccc(C(N)=O)o1)NCCc1ncc(C)s1. The maximum absolute atomic E-state index is 11.0. The van der Waals surface area contributed by atoms with E-state index in [-0.39, 0.29) is 5.76 Å². The van der Waals surface area contributed by atoms with Crippen LogP contribution in [0.15, 0.2) is 27.7 Å². The summed E-state index contributed by atoms with van der Waals surface area (Å²) in [4.78, 5) is 21.0. The summed E-state index contributed by atoms with van der Waals surface area (Å²) in [6.07, 6.45) is 2.72. The largest absolute Gasteiger partial charge is 0.454 e. The molecule has 7 nitrogen and oxygen atoms in total. The molecule has 0 aromatic carbocycles. The van der Waals surface area contributed by atoms with Crippen LogP contribution in [0.25, 0.3) is 0 Å². The minimum Gasteiger partial charge on any atom is -0.454 e. The monoisotopic (exact) mass is 335 g/mol. The number of amides is 1. The highest BCUT2D eigenvalue weighted by molar-refractivity contribution is 7.11. The molecule has 2 aromatic rings. The van der Waals surface area contributed by atoms with Crippen molar-refractivity contribution in [2.45, 2.75) is 26.8 Å². The Labute approximate surface area is 139 Å². The van der Waals surface area contributed by atoms with Crippen molar-refractivity contribution in [1.29, 1.82) is 0 Å². The smallest absolute Gasteiger partial charge is 0.284 e. The van der Waals surface area contributed by atoms with Crippen molar-refractivity contribution in [1.82, 2.24) is 15.6 Å². The summed E-state index contributed by atoms with van der Waals surface area (Å²) in [7, 11) is 0. The fourth-order valence-electron chi connectivity index (χ4n) is 1.90. The van der Waals surface area contributed by atoms with Crippen LogP contribution in [0.4, 0.5) is 0 Å². The van der Waals surface area contributed by atoms with Gasteiger partial charge in [0.05, 0.1) is 5.01 Å². The van der Waals surface area contributed by atoms with E-state index >= 15 is 0 Å². The molecule has 4 N–H and O–H groups in total. The molecule has 23 heavy (non-hydrogen) atoms. The third-order valence-electron chi connectivity index (χ3n) is 2.94. The molecule has 2 aromatic heterocycles. The zero-order valence-electron chi connectivity index (χ0n) is 13.3. The van der Waals surface area contributed by atoms with Gasteiger partial charge in [-0.05, 0) is 26.0 Å². The number of rotatable bonds is 7. The molecule has 0 aliphatic rings. The lowest BCUT2D eigenvalue weighted by Crippen LogP contribution is -2.38. The highest BCUT2D eigenvalue weighted by Gasteiger charge is 2.07. The van der Waals surface area contributed by atoms with E-state index < -0.39 is 5.91 Å². The predicted octanol–water partition coefficient (Wildman–Crippen LogP) is 1.44. The normalized spacial score (nSPS) is 11.5. The fourth-order valence-corrected chi connectivity index (χ4v) is 2.69. The molecule has 2 rings (SSSR count). The van der Waals surface area contributed by atoms with Gasteiger partial charge in [-0.25, -0.2) is 9.98 Å². The number of primary amides is 1. The Morgan fingerprint density at radius 1 is 1.43 bits per heavy atom. The van der Waals surface area contributed by atoms with Crippen LogP contribution in [0.5, 0.6) is 0 Å². The summed E-state index contributed by atoms with van der Waals surface area (Å²) < 4.78 is 5.30. The average molecular weight is 335 g/mol. The van der Waals surface area contributed by atoms with E-state index in [4.69, 9.17) is 10.2 Å². The van der Waals surface area contributed by atoms with Gasteiger partial charge < -0.3 is 20.8 Å². The number of nitrogens with zero attached hydrogens (tertiary/aromatic N) is 2. The van der Waals surface area contributed by atoms with Crippen LogP contribution < -0.4 is 16.4 Å². The number of furan rings is 1. The zero-order valence-corrected chi connectivity index (χ0v) is 14.1. The highest BCUT2D eigenvalue weighted by Crippen LogP contribution is 2.11. The number of thiazole rings is 1. The number of carbonyl (C=O) groups excluding carboxylic acids is 1. The van der Waals surface area contributed by atoms with Crippen LogP contribution in [0.1, 0.15) is 33.1 Å². The number of aliphatic imine (C=N–C) groups is 1. The van der Waals surface area contributed by atoms with Crippen molar-refractivity contribution >= 4 is 23.2 Å². The maximum atomic E-state index is 11.0. The highest BCUT2D eigenvalue weighted by atomic mass is 32.1. The Kier molecular flexibility index (Phi) is 6.16. The number of guanidine groups is 1. The zero-order chi connectivity index (χ0) is 16.7. The van der Waals surface area contributed by atoms with E-state index in [2.05, 4.69) is 20.6 Å². The molecule has 0 saturated heterocycles. The molecule has 0 spiro atoms. The van der Waals surface area contributed by atoms with Gasteiger partial charge in [-0.1, -0.05) is 0 Å². The molecule has 2 heterocycles. The van der Waals surface area contributed by atoms with Crippen molar-refractivity contribution in [3.8, 4) is 0 Å². The molecule has 0 bridgehead atoms.